The molecule has 2 amide bonds. The zero-order valence-electron chi connectivity index (χ0n) is 16.6. The first-order chi connectivity index (χ1) is 13.5. The molecule has 0 unspecified atom stereocenters. The predicted molar refractivity (Wildman–Crippen MR) is 107 cm³/mol. The Balaban J connectivity index is 1.27. The fourth-order valence-corrected chi connectivity index (χ4v) is 5.62. The van der Waals surface area contributed by atoms with Gasteiger partial charge in [0.05, 0.1) is 13.5 Å². The number of hydrazone groups is 1. The Morgan fingerprint density at radius 1 is 1.04 bits per heavy atom. The Morgan fingerprint density at radius 3 is 2.21 bits per heavy atom. The fourth-order valence-electron chi connectivity index (χ4n) is 5.62. The second-order valence-corrected chi connectivity index (χ2v) is 8.72. The molecule has 1 aromatic rings. The van der Waals surface area contributed by atoms with E-state index in [0.717, 1.165) is 11.8 Å². The minimum atomic E-state index is -0.302. The standard InChI is InChI=1S/C22H29N3O3/c1-13(24-25-22(27)16-3-5-19(28-2)6-4-16)7-20(26)23-21-17-9-14-8-15(11-17)12-18(21)10-14/h3-6,14-15,17-18,21H,7-12H2,1-2H3,(H,23,26)(H,25,27)/b24-13-. The Morgan fingerprint density at radius 2 is 1.64 bits per heavy atom. The average molecular weight is 383 g/mol. The number of benzene rings is 1. The number of amides is 2. The van der Waals surface area contributed by atoms with Gasteiger partial charge in [-0.2, -0.15) is 5.10 Å². The van der Waals surface area contributed by atoms with E-state index in [1.165, 1.54) is 32.1 Å². The van der Waals surface area contributed by atoms with E-state index >= 15 is 0 Å². The summed E-state index contributed by atoms with van der Waals surface area (Å²) in [5.41, 5.74) is 3.62. The zero-order valence-corrected chi connectivity index (χ0v) is 16.6. The molecule has 28 heavy (non-hydrogen) atoms. The van der Waals surface area contributed by atoms with Crippen molar-refractivity contribution >= 4 is 17.5 Å². The molecule has 4 bridgehead atoms. The smallest absolute Gasteiger partial charge is 0.271 e. The second-order valence-electron chi connectivity index (χ2n) is 8.72. The van der Waals surface area contributed by atoms with E-state index in [0.29, 0.717) is 34.9 Å². The van der Waals surface area contributed by atoms with Gasteiger partial charge < -0.3 is 10.1 Å². The summed E-state index contributed by atoms with van der Waals surface area (Å²) >= 11 is 0. The van der Waals surface area contributed by atoms with Crippen molar-refractivity contribution in [3.63, 3.8) is 0 Å². The van der Waals surface area contributed by atoms with Crippen LogP contribution in [-0.4, -0.2) is 30.7 Å². The third-order valence-corrected chi connectivity index (χ3v) is 6.67. The molecule has 150 valence electrons. The Bertz CT molecular complexity index is 744. The van der Waals surface area contributed by atoms with Crippen LogP contribution in [0.4, 0.5) is 0 Å². The van der Waals surface area contributed by atoms with Crippen molar-refractivity contribution in [2.75, 3.05) is 7.11 Å². The molecule has 6 heteroatoms. The number of methoxy groups -OCH3 is 1. The van der Waals surface area contributed by atoms with Crippen LogP contribution >= 0.6 is 0 Å². The Kier molecular flexibility index (Phi) is 5.38. The highest BCUT2D eigenvalue weighted by Crippen LogP contribution is 2.53. The number of carbonyl (C=O) groups is 2. The number of hydrogen-bond acceptors (Lipinski definition) is 4. The van der Waals surface area contributed by atoms with Gasteiger partial charge in [0, 0.05) is 17.3 Å². The lowest BCUT2D eigenvalue weighted by atomic mass is 9.54. The second kappa shape index (κ2) is 7.94. The molecule has 0 spiro atoms. The molecule has 0 aromatic heterocycles. The predicted octanol–water partition coefficient (Wildman–Crippen LogP) is 3.13. The van der Waals surface area contributed by atoms with Crippen molar-refractivity contribution in [1.82, 2.24) is 10.7 Å². The van der Waals surface area contributed by atoms with Gasteiger partial charge in [-0.3, -0.25) is 9.59 Å². The SMILES string of the molecule is COc1ccc(C(=O)N/N=C(/C)CC(=O)NC2C3CC4CC(C3)CC2C4)cc1. The molecule has 5 rings (SSSR count). The van der Waals surface area contributed by atoms with Gasteiger partial charge in [-0.15, -0.1) is 0 Å². The highest BCUT2D eigenvalue weighted by Gasteiger charge is 2.48. The monoisotopic (exact) mass is 383 g/mol. The average Bonchev–Trinajstić information content (AvgIpc) is 2.68. The van der Waals surface area contributed by atoms with Gasteiger partial charge in [0.25, 0.3) is 5.91 Å². The van der Waals surface area contributed by atoms with Gasteiger partial charge in [-0.05, 0) is 87.0 Å². The zero-order chi connectivity index (χ0) is 19.7. The molecular weight excluding hydrogens is 354 g/mol. The summed E-state index contributed by atoms with van der Waals surface area (Å²) in [4.78, 5) is 24.7. The minimum absolute atomic E-state index is 0.0115. The van der Waals surface area contributed by atoms with Gasteiger partial charge in [-0.1, -0.05) is 0 Å². The van der Waals surface area contributed by atoms with Gasteiger partial charge in [-0.25, -0.2) is 5.43 Å². The Hall–Kier alpha value is -2.37. The molecule has 0 saturated heterocycles. The minimum Gasteiger partial charge on any atom is -0.497 e. The number of carbonyl (C=O) groups excluding carboxylic acids is 2. The highest BCUT2D eigenvalue weighted by atomic mass is 16.5. The van der Waals surface area contributed by atoms with Crippen LogP contribution in [0.25, 0.3) is 0 Å². The van der Waals surface area contributed by atoms with Gasteiger partial charge >= 0.3 is 0 Å². The van der Waals surface area contributed by atoms with Crippen LogP contribution in [0.5, 0.6) is 5.75 Å². The van der Waals surface area contributed by atoms with E-state index in [1.54, 1.807) is 38.3 Å². The number of hydrogen-bond donors (Lipinski definition) is 2. The van der Waals surface area contributed by atoms with Crippen LogP contribution in [0.1, 0.15) is 55.8 Å². The van der Waals surface area contributed by atoms with Crippen molar-refractivity contribution in [2.45, 2.75) is 51.5 Å². The summed E-state index contributed by atoms with van der Waals surface area (Å²) in [6.07, 6.45) is 6.75. The number of nitrogens with zero attached hydrogens (tertiary/aromatic N) is 1. The molecule has 0 radical (unpaired) electrons. The molecule has 1 aromatic carbocycles. The van der Waals surface area contributed by atoms with Crippen molar-refractivity contribution in [1.29, 1.82) is 0 Å². The van der Waals surface area contributed by atoms with Crippen molar-refractivity contribution < 1.29 is 14.3 Å². The summed E-state index contributed by atoms with van der Waals surface area (Å²) in [6.45, 7) is 1.77. The molecule has 0 aliphatic heterocycles. The Labute approximate surface area is 166 Å². The maximum absolute atomic E-state index is 12.5. The van der Waals surface area contributed by atoms with Crippen molar-refractivity contribution in [3.05, 3.63) is 29.8 Å². The maximum atomic E-state index is 12.5. The molecule has 6 nitrogen and oxygen atoms in total. The maximum Gasteiger partial charge on any atom is 0.271 e. The van der Waals surface area contributed by atoms with Crippen LogP contribution in [0.3, 0.4) is 0 Å². The molecule has 4 fully saturated rings. The molecule has 0 atom stereocenters. The number of ether oxygens (including phenoxy) is 1. The van der Waals surface area contributed by atoms with Crippen LogP contribution in [0.2, 0.25) is 0 Å². The third-order valence-electron chi connectivity index (χ3n) is 6.67. The quantitative estimate of drug-likeness (QED) is 0.585. The van der Waals surface area contributed by atoms with E-state index in [9.17, 15) is 9.59 Å². The van der Waals surface area contributed by atoms with E-state index in [2.05, 4.69) is 15.8 Å². The third kappa shape index (κ3) is 4.05. The largest absolute Gasteiger partial charge is 0.497 e. The lowest BCUT2D eigenvalue weighted by Gasteiger charge is -2.54. The van der Waals surface area contributed by atoms with Crippen LogP contribution in [0, 0.1) is 23.7 Å². The summed E-state index contributed by atoms with van der Waals surface area (Å²) in [5.74, 6) is 3.51. The molecular formula is C22H29N3O3. The fraction of sp³-hybridized carbons (Fsp3) is 0.591. The first-order valence-electron chi connectivity index (χ1n) is 10.3. The van der Waals surface area contributed by atoms with Crippen molar-refractivity contribution in [3.8, 4) is 5.75 Å². The topological polar surface area (TPSA) is 79.8 Å². The van der Waals surface area contributed by atoms with Gasteiger partial charge in [0.15, 0.2) is 0 Å². The highest BCUT2D eigenvalue weighted by molar-refractivity contribution is 6.01. The van der Waals surface area contributed by atoms with Crippen molar-refractivity contribution in [2.24, 2.45) is 28.8 Å². The lowest BCUT2D eigenvalue weighted by Crippen LogP contribution is -2.56. The first-order valence-corrected chi connectivity index (χ1v) is 10.3. The molecule has 0 heterocycles. The molecule has 4 aliphatic rings. The van der Waals surface area contributed by atoms with E-state index in [1.807, 2.05) is 0 Å². The lowest BCUT2D eigenvalue weighted by molar-refractivity contribution is -0.123. The van der Waals surface area contributed by atoms with E-state index in [4.69, 9.17) is 4.74 Å². The summed E-state index contributed by atoms with van der Waals surface area (Å²) in [5, 5.41) is 7.37. The van der Waals surface area contributed by atoms with E-state index < -0.39 is 0 Å². The summed E-state index contributed by atoms with van der Waals surface area (Å²) in [7, 11) is 1.58. The van der Waals surface area contributed by atoms with Gasteiger partial charge in [0.1, 0.15) is 5.75 Å². The van der Waals surface area contributed by atoms with Crippen LogP contribution in [0.15, 0.2) is 29.4 Å². The summed E-state index contributed by atoms with van der Waals surface area (Å²) < 4.78 is 5.08. The number of nitrogens with one attached hydrogen (secondary N) is 2. The number of rotatable bonds is 6. The first kappa shape index (κ1) is 19.0. The van der Waals surface area contributed by atoms with Gasteiger partial charge in [0.2, 0.25) is 5.91 Å². The molecule has 2 N–H and O–H groups in total. The molecule has 4 aliphatic carbocycles. The normalized spacial score (nSPS) is 30.8. The molecule has 4 saturated carbocycles. The van der Waals surface area contributed by atoms with Crippen LogP contribution in [-0.2, 0) is 4.79 Å². The van der Waals surface area contributed by atoms with Crippen LogP contribution < -0.4 is 15.5 Å². The van der Waals surface area contributed by atoms with E-state index in [-0.39, 0.29) is 18.2 Å². The summed E-state index contributed by atoms with van der Waals surface area (Å²) in [6, 6.07) is 7.14.